The molecule has 21 heavy (non-hydrogen) atoms. The van der Waals surface area contributed by atoms with E-state index in [1.165, 1.54) is 6.07 Å². The molecule has 0 spiro atoms. The second-order valence-electron chi connectivity index (χ2n) is 4.54. The van der Waals surface area contributed by atoms with Crippen molar-refractivity contribution >= 4 is 0 Å². The number of aromatic nitrogens is 2. The molecule has 0 aliphatic rings. The van der Waals surface area contributed by atoms with Crippen LogP contribution in [0, 0.1) is 25.2 Å². The van der Waals surface area contributed by atoms with Gasteiger partial charge >= 0.3 is 6.18 Å². The molecule has 0 bridgehead atoms. The third-order valence-corrected chi connectivity index (χ3v) is 3.08. The van der Waals surface area contributed by atoms with Gasteiger partial charge in [-0.2, -0.15) is 23.5 Å². The Kier molecular flexibility index (Phi) is 3.64. The highest BCUT2D eigenvalue weighted by atomic mass is 19.4. The number of rotatable bonds is 2. The maximum Gasteiger partial charge on any atom is 0.417 e. The molecule has 7 heteroatoms. The van der Waals surface area contributed by atoms with Crippen molar-refractivity contribution in [2.24, 2.45) is 7.05 Å². The summed E-state index contributed by atoms with van der Waals surface area (Å²) in [5.74, 6) is 0.639. The Balaban J connectivity index is 2.41. The molecule has 0 amide bonds. The molecule has 0 N–H and O–H groups in total. The molecular weight excluding hydrogens is 283 g/mol. The first-order valence-corrected chi connectivity index (χ1v) is 6.03. The van der Waals surface area contributed by atoms with Gasteiger partial charge in [0, 0.05) is 7.05 Å². The third kappa shape index (κ3) is 2.84. The van der Waals surface area contributed by atoms with Crippen LogP contribution < -0.4 is 4.74 Å². The molecule has 2 aromatic rings. The fourth-order valence-corrected chi connectivity index (χ4v) is 1.95. The van der Waals surface area contributed by atoms with E-state index in [0.717, 1.165) is 17.8 Å². The van der Waals surface area contributed by atoms with Gasteiger partial charge in [-0.3, -0.25) is 4.68 Å². The second-order valence-corrected chi connectivity index (χ2v) is 4.54. The van der Waals surface area contributed by atoms with Crippen molar-refractivity contribution in [3.8, 4) is 17.6 Å². The van der Waals surface area contributed by atoms with Crippen LogP contribution in [0.5, 0.6) is 11.5 Å². The highest BCUT2D eigenvalue weighted by Crippen LogP contribution is 2.35. The van der Waals surface area contributed by atoms with Crippen molar-refractivity contribution in [3.63, 3.8) is 0 Å². The third-order valence-electron chi connectivity index (χ3n) is 3.08. The molecule has 0 unspecified atom stereocenters. The topological polar surface area (TPSA) is 50.8 Å². The largest absolute Gasteiger partial charge is 0.453 e. The molecule has 110 valence electrons. The summed E-state index contributed by atoms with van der Waals surface area (Å²) < 4.78 is 45.3. The number of alkyl halides is 3. The first-order valence-electron chi connectivity index (χ1n) is 6.03. The van der Waals surface area contributed by atoms with Gasteiger partial charge in [0.2, 0.25) is 0 Å². The highest BCUT2D eigenvalue weighted by molar-refractivity contribution is 5.46. The summed E-state index contributed by atoms with van der Waals surface area (Å²) in [6.07, 6.45) is -4.57. The first-order chi connectivity index (χ1) is 9.74. The van der Waals surface area contributed by atoms with E-state index in [9.17, 15) is 13.2 Å². The number of halogens is 3. The molecule has 1 heterocycles. The van der Waals surface area contributed by atoms with Crippen LogP contribution in [0.1, 0.15) is 22.5 Å². The van der Waals surface area contributed by atoms with Crippen molar-refractivity contribution in [2.75, 3.05) is 0 Å². The summed E-state index contributed by atoms with van der Waals surface area (Å²) in [5.41, 5.74) is -0.0875. The van der Waals surface area contributed by atoms with Crippen LogP contribution in [0.15, 0.2) is 18.2 Å². The van der Waals surface area contributed by atoms with Crippen LogP contribution in [-0.2, 0) is 13.2 Å². The predicted octanol–water partition coefficient (Wildman–Crippen LogP) is 3.72. The van der Waals surface area contributed by atoms with E-state index >= 15 is 0 Å². The average Bonchev–Trinajstić information content (AvgIpc) is 2.64. The van der Waals surface area contributed by atoms with Crippen molar-refractivity contribution < 1.29 is 17.9 Å². The number of hydrogen-bond acceptors (Lipinski definition) is 3. The summed E-state index contributed by atoms with van der Waals surface area (Å²) in [6, 6.07) is 4.65. The van der Waals surface area contributed by atoms with Crippen molar-refractivity contribution in [2.45, 2.75) is 20.0 Å². The van der Waals surface area contributed by atoms with E-state index in [4.69, 9.17) is 10.00 Å². The predicted molar refractivity (Wildman–Crippen MR) is 68.9 cm³/mol. The molecule has 2 rings (SSSR count). The Labute approximate surface area is 119 Å². The zero-order chi connectivity index (χ0) is 15.8. The van der Waals surface area contributed by atoms with Gasteiger partial charge in [0.05, 0.1) is 22.9 Å². The summed E-state index contributed by atoms with van der Waals surface area (Å²) in [4.78, 5) is 0. The molecule has 0 aliphatic heterocycles. The molecule has 1 aromatic carbocycles. The first kappa shape index (κ1) is 14.9. The number of nitriles is 1. The van der Waals surface area contributed by atoms with E-state index in [1.807, 2.05) is 0 Å². The molecule has 0 radical (unpaired) electrons. The Morgan fingerprint density at radius 1 is 1.29 bits per heavy atom. The Morgan fingerprint density at radius 3 is 2.43 bits per heavy atom. The molecule has 0 aliphatic carbocycles. The number of benzene rings is 1. The summed E-state index contributed by atoms with van der Waals surface area (Å²) in [6.45, 7) is 3.52. The minimum absolute atomic E-state index is 0.166. The van der Waals surface area contributed by atoms with Crippen molar-refractivity contribution in [1.29, 1.82) is 5.26 Å². The lowest BCUT2D eigenvalue weighted by molar-refractivity contribution is -0.137. The smallest absolute Gasteiger partial charge is 0.417 e. The Bertz CT molecular complexity index is 726. The second kappa shape index (κ2) is 5.13. The normalized spacial score (nSPS) is 11.3. The molecule has 0 saturated carbocycles. The van der Waals surface area contributed by atoms with Gasteiger partial charge in [-0.25, -0.2) is 0 Å². The molecule has 0 atom stereocenters. The molecule has 1 aromatic heterocycles. The number of nitrogens with zero attached hydrogens (tertiary/aromatic N) is 3. The van der Waals surface area contributed by atoms with Crippen LogP contribution in [0.3, 0.4) is 0 Å². The number of hydrogen-bond donors (Lipinski definition) is 0. The number of aryl methyl sites for hydroxylation is 2. The Morgan fingerprint density at radius 2 is 1.95 bits per heavy atom. The molecule has 0 saturated heterocycles. The monoisotopic (exact) mass is 295 g/mol. The van der Waals surface area contributed by atoms with Gasteiger partial charge < -0.3 is 4.74 Å². The van der Waals surface area contributed by atoms with Gasteiger partial charge in [-0.1, -0.05) is 0 Å². The molecule has 4 nitrogen and oxygen atoms in total. The minimum Gasteiger partial charge on any atom is -0.453 e. The zero-order valence-electron chi connectivity index (χ0n) is 11.6. The van der Waals surface area contributed by atoms with Crippen LogP contribution >= 0.6 is 0 Å². The van der Waals surface area contributed by atoms with Gasteiger partial charge in [-0.15, -0.1) is 0 Å². The van der Waals surface area contributed by atoms with Crippen LogP contribution in [0.2, 0.25) is 0 Å². The fraction of sp³-hybridized carbons (Fsp3) is 0.286. The van der Waals surface area contributed by atoms with E-state index in [2.05, 4.69) is 5.10 Å². The van der Waals surface area contributed by atoms with Crippen molar-refractivity contribution in [3.05, 3.63) is 40.7 Å². The van der Waals surface area contributed by atoms with E-state index in [0.29, 0.717) is 11.4 Å². The lowest BCUT2D eigenvalue weighted by atomic mass is 10.1. The van der Waals surface area contributed by atoms with Crippen LogP contribution in [0.4, 0.5) is 13.2 Å². The molecular formula is C14H12F3N3O. The van der Waals surface area contributed by atoms with Crippen LogP contribution in [-0.4, -0.2) is 9.78 Å². The summed E-state index contributed by atoms with van der Waals surface area (Å²) >= 11 is 0. The lowest BCUT2D eigenvalue weighted by Crippen LogP contribution is -2.07. The van der Waals surface area contributed by atoms with Gasteiger partial charge in [-0.05, 0) is 32.0 Å². The van der Waals surface area contributed by atoms with Crippen LogP contribution in [0.25, 0.3) is 0 Å². The van der Waals surface area contributed by atoms with Crippen molar-refractivity contribution in [1.82, 2.24) is 9.78 Å². The fourth-order valence-electron chi connectivity index (χ4n) is 1.95. The summed E-state index contributed by atoms with van der Waals surface area (Å²) in [5, 5.41) is 13.0. The summed E-state index contributed by atoms with van der Waals surface area (Å²) in [7, 11) is 1.74. The van der Waals surface area contributed by atoms with E-state index in [1.54, 1.807) is 31.6 Å². The average molecular weight is 295 g/mol. The maximum absolute atomic E-state index is 12.7. The van der Waals surface area contributed by atoms with E-state index in [-0.39, 0.29) is 5.75 Å². The van der Waals surface area contributed by atoms with E-state index < -0.39 is 17.3 Å². The Hall–Kier alpha value is -2.49. The standard InChI is InChI=1S/C14H12F3N3O/c1-8-13(9(2)20(3)19-8)21-11-4-5-12(14(15,16)17)10(6-11)7-18/h4-6H,1-3H3. The van der Waals surface area contributed by atoms with Gasteiger partial charge in [0.15, 0.2) is 5.75 Å². The SMILES string of the molecule is Cc1nn(C)c(C)c1Oc1ccc(C(F)(F)F)c(C#N)c1. The highest BCUT2D eigenvalue weighted by Gasteiger charge is 2.33. The van der Waals surface area contributed by atoms with Gasteiger partial charge in [0.25, 0.3) is 0 Å². The minimum atomic E-state index is -4.57. The quantitative estimate of drug-likeness (QED) is 0.848. The lowest BCUT2D eigenvalue weighted by Gasteiger charge is -2.11. The maximum atomic E-state index is 12.7. The number of ether oxygens (including phenoxy) is 1. The molecule has 0 fully saturated rings. The zero-order valence-corrected chi connectivity index (χ0v) is 11.6. The van der Waals surface area contributed by atoms with Gasteiger partial charge in [0.1, 0.15) is 11.4 Å².